The van der Waals surface area contributed by atoms with Crippen LogP contribution >= 0.6 is 11.3 Å². The van der Waals surface area contributed by atoms with Crippen molar-refractivity contribution in [2.75, 3.05) is 13.1 Å². The van der Waals surface area contributed by atoms with Crippen molar-refractivity contribution in [3.05, 3.63) is 29.3 Å². The quantitative estimate of drug-likeness (QED) is 0.745. The first kappa shape index (κ1) is 18.8. The highest BCUT2D eigenvalue weighted by molar-refractivity contribution is 7.18. The predicted molar refractivity (Wildman–Crippen MR) is 105 cm³/mol. The van der Waals surface area contributed by atoms with Crippen LogP contribution < -0.4 is 5.32 Å². The van der Waals surface area contributed by atoms with Crippen molar-refractivity contribution in [3.63, 3.8) is 0 Å². The molecule has 0 radical (unpaired) electrons. The van der Waals surface area contributed by atoms with E-state index in [0.717, 1.165) is 55.6 Å². The van der Waals surface area contributed by atoms with Crippen LogP contribution in [0.5, 0.6) is 0 Å². The number of para-hydroxylation sites is 1. The van der Waals surface area contributed by atoms with Crippen LogP contribution in [0.2, 0.25) is 0 Å². The fourth-order valence-electron chi connectivity index (χ4n) is 3.51. The zero-order valence-corrected chi connectivity index (χ0v) is 16.2. The molecule has 1 aliphatic heterocycles. The van der Waals surface area contributed by atoms with Crippen LogP contribution in [0.15, 0.2) is 24.3 Å². The number of hydrogen-bond donors (Lipinski definition) is 1. The average molecular weight is 374 g/mol. The number of piperidine rings is 1. The first-order valence-corrected chi connectivity index (χ1v) is 10.4. The molecule has 26 heavy (non-hydrogen) atoms. The van der Waals surface area contributed by atoms with Gasteiger partial charge in [0, 0.05) is 26.4 Å². The monoisotopic (exact) mass is 373 g/mol. The number of carbonyl (C=O) groups excluding carboxylic acids is 2. The van der Waals surface area contributed by atoms with Crippen LogP contribution in [0.4, 0.5) is 0 Å². The summed E-state index contributed by atoms with van der Waals surface area (Å²) >= 11 is 1.72. The van der Waals surface area contributed by atoms with E-state index in [-0.39, 0.29) is 17.9 Å². The fourth-order valence-corrected chi connectivity index (χ4v) is 4.62. The Morgan fingerprint density at radius 3 is 2.88 bits per heavy atom. The van der Waals surface area contributed by atoms with Crippen LogP contribution in [0.25, 0.3) is 10.2 Å². The number of nitrogens with one attached hydrogen (secondary N) is 1. The molecule has 2 aromatic rings. The molecular formula is C20H27N3O2S. The van der Waals surface area contributed by atoms with E-state index >= 15 is 0 Å². The highest BCUT2D eigenvalue weighted by Crippen LogP contribution is 2.36. The molecule has 3 rings (SSSR count). The first-order valence-electron chi connectivity index (χ1n) is 9.54. The van der Waals surface area contributed by atoms with E-state index in [1.165, 1.54) is 11.6 Å². The van der Waals surface area contributed by atoms with Crippen molar-refractivity contribution < 1.29 is 9.59 Å². The van der Waals surface area contributed by atoms with Gasteiger partial charge in [0.05, 0.1) is 16.3 Å². The lowest BCUT2D eigenvalue weighted by Crippen LogP contribution is -2.38. The molecule has 0 spiro atoms. The molecule has 1 aromatic heterocycles. The molecule has 2 heterocycles. The Morgan fingerprint density at radius 1 is 1.23 bits per heavy atom. The normalized spacial score (nSPS) is 17.4. The van der Waals surface area contributed by atoms with Crippen LogP contribution in [-0.2, 0) is 9.59 Å². The zero-order chi connectivity index (χ0) is 18.4. The fraction of sp³-hybridized carbons (Fsp3) is 0.550. The summed E-state index contributed by atoms with van der Waals surface area (Å²) in [4.78, 5) is 30.5. The van der Waals surface area contributed by atoms with Gasteiger partial charge in [0.15, 0.2) is 0 Å². The molecule has 0 bridgehead atoms. The van der Waals surface area contributed by atoms with Gasteiger partial charge in [-0.25, -0.2) is 4.98 Å². The highest BCUT2D eigenvalue weighted by Gasteiger charge is 2.29. The lowest BCUT2D eigenvalue weighted by Gasteiger charge is -2.34. The molecule has 140 valence electrons. The van der Waals surface area contributed by atoms with Gasteiger partial charge in [0.1, 0.15) is 5.01 Å². The smallest absolute Gasteiger partial charge is 0.223 e. The van der Waals surface area contributed by atoms with Crippen LogP contribution in [0, 0.1) is 0 Å². The zero-order valence-electron chi connectivity index (χ0n) is 15.4. The number of benzene rings is 1. The van der Waals surface area contributed by atoms with E-state index in [2.05, 4.69) is 16.3 Å². The van der Waals surface area contributed by atoms with E-state index in [9.17, 15) is 9.59 Å². The maximum absolute atomic E-state index is 12.8. The molecule has 1 aromatic carbocycles. The number of fused-ring (bicyclic) bond motifs is 1. The summed E-state index contributed by atoms with van der Waals surface area (Å²) in [5.41, 5.74) is 1.03. The molecule has 2 amide bonds. The molecule has 1 fully saturated rings. The van der Waals surface area contributed by atoms with E-state index < -0.39 is 0 Å². The minimum absolute atomic E-state index is 0.00747. The minimum Gasteiger partial charge on any atom is -0.356 e. The first-order chi connectivity index (χ1) is 12.6. The standard InChI is InChI=1S/C20H27N3O2S/c1-15(24)21-13-7-2-3-12-19(25)23-14-8-6-10-17(23)20-22-16-9-4-5-11-18(16)26-20/h4-5,9,11,17H,2-3,6-8,10,12-14H2,1H3,(H,21,24). The lowest BCUT2D eigenvalue weighted by atomic mass is 10.0. The molecule has 1 aliphatic rings. The van der Waals surface area contributed by atoms with Gasteiger partial charge in [-0.1, -0.05) is 18.6 Å². The second-order valence-corrected chi connectivity index (χ2v) is 7.97. The maximum Gasteiger partial charge on any atom is 0.223 e. The summed E-state index contributed by atoms with van der Waals surface area (Å²) in [7, 11) is 0. The lowest BCUT2D eigenvalue weighted by molar-refractivity contribution is -0.135. The van der Waals surface area contributed by atoms with Crippen molar-refractivity contribution in [2.45, 2.75) is 57.9 Å². The van der Waals surface area contributed by atoms with Gasteiger partial charge in [-0.15, -0.1) is 11.3 Å². The van der Waals surface area contributed by atoms with E-state index in [4.69, 9.17) is 4.98 Å². The van der Waals surface area contributed by atoms with Crippen molar-refractivity contribution in [1.82, 2.24) is 15.2 Å². The number of unbranched alkanes of at least 4 members (excludes halogenated alkanes) is 2. The highest BCUT2D eigenvalue weighted by atomic mass is 32.1. The Morgan fingerprint density at radius 2 is 2.08 bits per heavy atom. The third-order valence-corrected chi connectivity index (χ3v) is 6.00. The average Bonchev–Trinajstić information content (AvgIpc) is 3.08. The number of thiazole rings is 1. The molecule has 1 unspecified atom stereocenters. The number of nitrogens with zero attached hydrogens (tertiary/aromatic N) is 2. The molecule has 6 heteroatoms. The summed E-state index contributed by atoms with van der Waals surface area (Å²) in [5, 5.41) is 3.87. The van der Waals surface area contributed by atoms with Crippen molar-refractivity contribution in [3.8, 4) is 0 Å². The van der Waals surface area contributed by atoms with Gasteiger partial charge in [0.2, 0.25) is 11.8 Å². The predicted octanol–water partition coefficient (Wildman–Crippen LogP) is 4.05. The van der Waals surface area contributed by atoms with Crippen LogP contribution in [0.1, 0.15) is 62.9 Å². The second kappa shape index (κ2) is 9.12. The van der Waals surface area contributed by atoms with Crippen molar-refractivity contribution >= 4 is 33.4 Å². The van der Waals surface area contributed by atoms with Crippen molar-refractivity contribution in [1.29, 1.82) is 0 Å². The van der Waals surface area contributed by atoms with Gasteiger partial charge in [0.25, 0.3) is 0 Å². The number of likely N-dealkylation sites (tertiary alicyclic amines) is 1. The summed E-state index contributed by atoms with van der Waals surface area (Å²) in [6.45, 7) is 3.06. The van der Waals surface area contributed by atoms with Crippen LogP contribution in [-0.4, -0.2) is 34.8 Å². The SMILES string of the molecule is CC(=O)NCCCCCC(=O)N1CCCCC1c1nc2ccccc2s1. The van der Waals surface area contributed by atoms with Gasteiger partial charge in [-0.3, -0.25) is 9.59 Å². The Bertz CT molecular complexity index is 725. The Balaban J connectivity index is 1.56. The number of hydrogen-bond acceptors (Lipinski definition) is 4. The third-order valence-electron chi connectivity index (χ3n) is 4.86. The number of aromatic nitrogens is 1. The number of amides is 2. The summed E-state index contributed by atoms with van der Waals surface area (Å²) in [6.07, 6.45) is 6.59. The molecule has 0 saturated carbocycles. The van der Waals surface area contributed by atoms with Gasteiger partial charge in [-0.05, 0) is 44.2 Å². The summed E-state index contributed by atoms with van der Waals surface area (Å²) < 4.78 is 1.19. The number of carbonyl (C=O) groups is 2. The Hall–Kier alpha value is -1.95. The van der Waals surface area contributed by atoms with Gasteiger partial charge < -0.3 is 10.2 Å². The minimum atomic E-state index is 0.00747. The molecule has 5 nitrogen and oxygen atoms in total. The van der Waals surface area contributed by atoms with Gasteiger partial charge >= 0.3 is 0 Å². The van der Waals surface area contributed by atoms with Crippen LogP contribution in [0.3, 0.4) is 0 Å². The van der Waals surface area contributed by atoms with Gasteiger partial charge in [-0.2, -0.15) is 0 Å². The Labute approximate surface area is 158 Å². The number of rotatable bonds is 7. The molecule has 1 saturated heterocycles. The molecule has 1 atom stereocenters. The Kier molecular flexibility index (Phi) is 6.61. The van der Waals surface area contributed by atoms with E-state index in [1.807, 2.05) is 18.2 Å². The molecule has 0 aliphatic carbocycles. The van der Waals surface area contributed by atoms with E-state index in [0.29, 0.717) is 13.0 Å². The third kappa shape index (κ3) is 4.81. The second-order valence-electron chi connectivity index (χ2n) is 6.91. The largest absolute Gasteiger partial charge is 0.356 e. The maximum atomic E-state index is 12.8. The molecular weight excluding hydrogens is 346 g/mol. The molecule has 1 N–H and O–H groups in total. The van der Waals surface area contributed by atoms with E-state index in [1.54, 1.807) is 11.3 Å². The van der Waals surface area contributed by atoms with Crippen molar-refractivity contribution in [2.24, 2.45) is 0 Å². The topological polar surface area (TPSA) is 62.3 Å². The summed E-state index contributed by atoms with van der Waals surface area (Å²) in [6, 6.07) is 8.32. The summed E-state index contributed by atoms with van der Waals surface area (Å²) in [5.74, 6) is 0.251.